The molecule has 0 fully saturated rings. The van der Waals surface area contributed by atoms with E-state index < -0.39 is 0 Å². The SMILES string of the molecule is CC(C)Cn1c(SCC(=O)N2c3ccccc3C[C@H]2C)nc2ccccc2c1=O. The lowest BCUT2D eigenvalue weighted by molar-refractivity contribution is -0.116. The highest BCUT2D eigenvalue weighted by molar-refractivity contribution is 7.99. The molecular weight excluding hydrogens is 382 g/mol. The Bertz CT molecular complexity index is 1120. The zero-order valence-corrected chi connectivity index (χ0v) is 17.8. The topological polar surface area (TPSA) is 55.2 Å². The standard InChI is InChI=1S/C23H25N3O2S/c1-15(2)13-25-22(28)18-9-5-6-10-19(18)24-23(25)29-14-21(27)26-16(3)12-17-8-4-7-11-20(17)26/h4-11,15-16H,12-14H2,1-3H3/t16-/m1/s1. The Hall–Kier alpha value is -2.60. The molecule has 6 heteroatoms. The van der Waals surface area contributed by atoms with E-state index in [9.17, 15) is 9.59 Å². The van der Waals surface area contributed by atoms with Crippen molar-refractivity contribution in [3.05, 3.63) is 64.4 Å². The number of hydrogen-bond donors (Lipinski definition) is 0. The smallest absolute Gasteiger partial charge is 0.262 e. The molecule has 2 heterocycles. The molecule has 1 amide bonds. The summed E-state index contributed by atoms with van der Waals surface area (Å²) in [7, 11) is 0. The van der Waals surface area contributed by atoms with Crippen molar-refractivity contribution in [3.8, 4) is 0 Å². The highest BCUT2D eigenvalue weighted by Crippen LogP contribution is 2.32. The minimum Gasteiger partial charge on any atom is -0.308 e. The van der Waals surface area contributed by atoms with Crippen molar-refractivity contribution in [2.45, 2.75) is 44.9 Å². The third kappa shape index (κ3) is 3.81. The fourth-order valence-corrected chi connectivity index (χ4v) is 4.79. The van der Waals surface area contributed by atoms with E-state index in [1.54, 1.807) is 4.57 Å². The highest BCUT2D eigenvalue weighted by Gasteiger charge is 2.30. The molecule has 0 bridgehead atoms. The van der Waals surface area contributed by atoms with Crippen molar-refractivity contribution < 1.29 is 4.79 Å². The average molecular weight is 408 g/mol. The van der Waals surface area contributed by atoms with Gasteiger partial charge in [0.05, 0.1) is 16.7 Å². The van der Waals surface area contributed by atoms with Gasteiger partial charge in [-0.2, -0.15) is 0 Å². The van der Waals surface area contributed by atoms with Gasteiger partial charge in [0, 0.05) is 18.3 Å². The van der Waals surface area contributed by atoms with Crippen LogP contribution in [0.4, 0.5) is 5.69 Å². The predicted octanol–water partition coefficient (Wildman–Crippen LogP) is 4.12. The van der Waals surface area contributed by atoms with Crippen LogP contribution in [0.25, 0.3) is 10.9 Å². The molecule has 1 aliphatic heterocycles. The van der Waals surface area contributed by atoms with Crippen LogP contribution in [0, 0.1) is 5.92 Å². The van der Waals surface area contributed by atoms with Gasteiger partial charge in [-0.3, -0.25) is 14.2 Å². The monoisotopic (exact) mass is 407 g/mol. The molecule has 0 unspecified atom stereocenters. The molecule has 1 aromatic heterocycles. The third-order valence-corrected chi connectivity index (χ3v) is 6.14. The number of amides is 1. The third-order valence-electron chi connectivity index (χ3n) is 5.18. The lowest BCUT2D eigenvalue weighted by Gasteiger charge is -2.23. The van der Waals surface area contributed by atoms with Gasteiger partial charge < -0.3 is 4.90 Å². The molecule has 4 rings (SSSR count). The number of hydrogen-bond acceptors (Lipinski definition) is 4. The fraction of sp³-hybridized carbons (Fsp3) is 0.348. The first-order valence-corrected chi connectivity index (χ1v) is 11.0. The van der Waals surface area contributed by atoms with Gasteiger partial charge in [-0.15, -0.1) is 0 Å². The Morgan fingerprint density at radius 1 is 1.17 bits per heavy atom. The lowest BCUT2D eigenvalue weighted by atomic mass is 10.1. The van der Waals surface area contributed by atoms with Gasteiger partial charge >= 0.3 is 0 Å². The predicted molar refractivity (Wildman–Crippen MR) is 119 cm³/mol. The number of aromatic nitrogens is 2. The molecular formula is C23H25N3O2S. The van der Waals surface area contributed by atoms with Crippen LogP contribution in [0.1, 0.15) is 26.3 Å². The molecule has 0 aliphatic carbocycles. The number of carbonyl (C=O) groups excluding carboxylic acids is 1. The fourth-order valence-electron chi connectivity index (χ4n) is 3.93. The Balaban J connectivity index is 1.63. The van der Waals surface area contributed by atoms with Crippen LogP contribution in [-0.2, 0) is 17.8 Å². The van der Waals surface area contributed by atoms with Gasteiger partial charge in [0.15, 0.2) is 5.16 Å². The molecule has 29 heavy (non-hydrogen) atoms. The normalized spacial score (nSPS) is 15.9. The first-order valence-electron chi connectivity index (χ1n) is 9.98. The Kier molecular flexibility index (Phi) is 5.46. The molecule has 150 valence electrons. The van der Waals surface area contributed by atoms with E-state index in [1.807, 2.05) is 47.4 Å². The van der Waals surface area contributed by atoms with Crippen LogP contribution in [0.3, 0.4) is 0 Å². The molecule has 3 aromatic rings. The number of nitrogens with zero attached hydrogens (tertiary/aromatic N) is 3. The minimum absolute atomic E-state index is 0.0425. The first kappa shape index (κ1) is 19.7. The maximum Gasteiger partial charge on any atom is 0.262 e. The van der Waals surface area contributed by atoms with Crippen molar-refractivity contribution in [2.75, 3.05) is 10.7 Å². The van der Waals surface area contributed by atoms with E-state index in [2.05, 4.69) is 26.8 Å². The van der Waals surface area contributed by atoms with Crippen LogP contribution in [0.15, 0.2) is 58.5 Å². The van der Waals surface area contributed by atoms with Gasteiger partial charge in [-0.05, 0) is 43.0 Å². The second kappa shape index (κ2) is 8.03. The van der Waals surface area contributed by atoms with Gasteiger partial charge in [0.2, 0.25) is 5.91 Å². The Labute approximate surface area is 174 Å². The van der Waals surface area contributed by atoms with Crippen molar-refractivity contribution in [3.63, 3.8) is 0 Å². The van der Waals surface area contributed by atoms with Gasteiger partial charge in [0.25, 0.3) is 5.56 Å². The van der Waals surface area contributed by atoms with E-state index in [0.29, 0.717) is 28.5 Å². The summed E-state index contributed by atoms with van der Waals surface area (Å²) in [5.41, 5.74) is 2.84. The largest absolute Gasteiger partial charge is 0.308 e. The van der Waals surface area contributed by atoms with Crippen LogP contribution in [0.2, 0.25) is 0 Å². The molecule has 1 aliphatic rings. The van der Waals surface area contributed by atoms with Gasteiger partial charge in [-0.25, -0.2) is 4.98 Å². The maximum absolute atomic E-state index is 13.1. The number of para-hydroxylation sites is 2. The summed E-state index contributed by atoms with van der Waals surface area (Å²) < 4.78 is 1.71. The van der Waals surface area contributed by atoms with Crippen LogP contribution in [0.5, 0.6) is 0 Å². The molecule has 2 aromatic carbocycles. The van der Waals surface area contributed by atoms with E-state index in [-0.39, 0.29) is 23.3 Å². The van der Waals surface area contributed by atoms with E-state index in [1.165, 1.54) is 17.3 Å². The van der Waals surface area contributed by atoms with Crippen molar-refractivity contribution in [1.82, 2.24) is 9.55 Å². The van der Waals surface area contributed by atoms with E-state index in [4.69, 9.17) is 4.98 Å². The summed E-state index contributed by atoms with van der Waals surface area (Å²) >= 11 is 1.35. The van der Waals surface area contributed by atoms with Gasteiger partial charge in [0.1, 0.15) is 0 Å². The number of thioether (sulfide) groups is 1. The number of benzene rings is 2. The quantitative estimate of drug-likeness (QED) is 0.472. The number of rotatable bonds is 5. The molecule has 0 radical (unpaired) electrons. The molecule has 0 N–H and O–H groups in total. The molecule has 0 saturated carbocycles. The van der Waals surface area contributed by atoms with E-state index in [0.717, 1.165) is 12.1 Å². The number of anilines is 1. The van der Waals surface area contributed by atoms with Crippen molar-refractivity contribution >= 4 is 34.3 Å². The molecule has 1 atom stereocenters. The maximum atomic E-state index is 13.1. The van der Waals surface area contributed by atoms with Crippen LogP contribution < -0.4 is 10.5 Å². The summed E-state index contributed by atoms with van der Waals surface area (Å²) in [6, 6.07) is 15.6. The highest BCUT2D eigenvalue weighted by atomic mass is 32.2. The van der Waals surface area contributed by atoms with Crippen molar-refractivity contribution in [1.29, 1.82) is 0 Å². The molecule has 0 spiro atoms. The summed E-state index contributed by atoms with van der Waals surface area (Å²) in [6.45, 7) is 6.80. The summed E-state index contributed by atoms with van der Waals surface area (Å²) in [5.74, 6) is 0.601. The van der Waals surface area contributed by atoms with E-state index >= 15 is 0 Å². The molecule has 0 saturated heterocycles. The minimum atomic E-state index is -0.0425. The second-order valence-electron chi connectivity index (χ2n) is 7.96. The Morgan fingerprint density at radius 2 is 1.90 bits per heavy atom. The number of carbonyl (C=O) groups is 1. The van der Waals surface area contributed by atoms with Gasteiger partial charge in [-0.1, -0.05) is 55.9 Å². The lowest BCUT2D eigenvalue weighted by Crippen LogP contribution is -2.37. The van der Waals surface area contributed by atoms with Crippen LogP contribution >= 0.6 is 11.8 Å². The summed E-state index contributed by atoms with van der Waals surface area (Å²) in [6.07, 6.45) is 0.874. The zero-order valence-electron chi connectivity index (χ0n) is 17.0. The molecule has 5 nitrogen and oxygen atoms in total. The van der Waals surface area contributed by atoms with Crippen molar-refractivity contribution in [2.24, 2.45) is 5.92 Å². The zero-order chi connectivity index (χ0) is 20.5. The number of fused-ring (bicyclic) bond motifs is 2. The summed E-state index contributed by atoms with van der Waals surface area (Å²) in [5, 5.41) is 1.22. The summed E-state index contributed by atoms with van der Waals surface area (Å²) in [4.78, 5) is 32.7. The second-order valence-corrected chi connectivity index (χ2v) is 8.90. The first-order chi connectivity index (χ1) is 14.0. The van der Waals surface area contributed by atoms with Crippen LogP contribution in [-0.4, -0.2) is 27.3 Å². The Morgan fingerprint density at radius 3 is 2.69 bits per heavy atom. The average Bonchev–Trinajstić information content (AvgIpc) is 3.04.